The topological polar surface area (TPSA) is 151 Å². The highest BCUT2D eigenvalue weighted by atomic mass is 16.5. The van der Waals surface area contributed by atoms with Gasteiger partial charge in [-0.05, 0) is 17.7 Å². The van der Waals surface area contributed by atoms with E-state index in [-0.39, 0.29) is 23.0 Å². The maximum atomic E-state index is 12.1. The highest BCUT2D eigenvalue weighted by Crippen LogP contribution is 2.40. The van der Waals surface area contributed by atoms with Crippen LogP contribution in [0.1, 0.15) is 34.5 Å². The van der Waals surface area contributed by atoms with Crippen LogP contribution in [-0.4, -0.2) is 27.5 Å². The zero-order chi connectivity index (χ0) is 21.1. The molecule has 0 atom stereocenters. The summed E-state index contributed by atoms with van der Waals surface area (Å²) in [5.74, 6) is -3.42. The minimum Gasteiger partial charge on any atom is -0.502 e. The van der Waals surface area contributed by atoms with E-state index in [0.29, 0.717) is 11.3 Å². The lowest BCUT2D eigenvalue weighted by atomic mass is 9.91. The summed E-state index contributed by atoms with van der Waals surface area (Å²) in [7, 11) is 1.43. The first kappa shape index (κ1) is 20.2. The van der Waals surface area contributed by atoms with E-state index in [4.69, 9.17) is 13.6 Å². The van der Waals surface area contributed by atoms with E-state index in [2.05, 4.69) is 0 Å². The van der Waals surface area contributed by atoms with Gasteiger partial charge in [-0.15, -0.1) is 0 Å². The van der Waals surface area contributed by atoms with Gasteiger partial charge >= 0.3 is 0 Å². The summed E-state index contributed by atoms with van der Waals surface area (Å²) < 4.78 is 16.1. The van der Waals surface area contributed by atoms with Gasteiger partial charge in [0.15, 0.2) is 11.5 Å². The molecule has 1 aromatic carbocycles. The summed E-state index contributed by atoms with van der Waals surface area (Å²) in [6.07, 6.45) is 0. The van der Waals surface area contributed by atoms with E-state index >= 15 is 0 Å². The van der Waals surface area contributed by atoms with Crippen molar-refractivity contribution >= 4 is 0 Å². The average Bonchev–Trinajstić information content (AvgIpc) is 2.73. The van der Waals surface area contributed by atoms with Crippen molar-refractivity contribution in [2.45, 2.75) is 19.1 Å². The van der Waals surface area contributed by atoms with Gasteiger partial charge in [0.25, 0.3) is 0 Å². The summed E-state index contributed by atoms with van der Waals surface area (Å²) >= 11 is 0. The molecule has 0 fully saturated rings. The molecule has 0 radical (unpaired) electrons. The summed E-state index contributed by atoms with van der Waals surface area (Å²) in [4.78, 5) is 24.3. The highest BCUT2D eigenvalue weighted by Gasteiger charge is 2.31. The molecule has 152 valence electrons. The summed E-state index contributed by atoms with van der Waals surface area (Å²) in [6, 6.07) is 8.19. The first-order valence-electron chi connectivity index (χ1n) is 8.47. The molecule has 0 saturated heterocycles. The molecule has 0 aliphatic heterocycles. The first-order valence-corrected chi connectivity index (χ1v) is 8.47. The molecule has 0 aliphatic rings. The second kappa shape index (κ2) is 8.21. The number of hydrogen-bond acceptors (Lipinski definition) is 9. The van der Waals surface area contributed by atoms with Crippen LogP contribution in [0.3, 0.4) is 0 Å². The molecule has 9 heteroatoms. The molecule has 2 aromatic heterocycles. The Morgan fingerprint density at radius 3 is 1.86 bits per heavy atom. The fourth-order valence-corrected chi connectivity index (χ4v) is 2.90. The lowest BCUT2D eigenvalue weighted by molar-refractivity contribution is 0.225. The van der Waals surface area contributed by atoms with Gasteiger partial charge in [-0.25, -0.2) is 0 Å². The highest BCUT2D eigenvalue weighted by molar-refractivity contribution is 5.47. The Labute approximate surface area is 163 Å². The second-order valence-electron chi connectivity index (χ2n) is 6.11. The molecule has 0 saturated carbocycles. The van der Waals surface area contributed by atoms with Crippen LogP contribution in [0.2, 0.25) is 0 Å². The number of aromatic hydroxyl groups is 2. The van der Waals surface area contributed by atoms with Crippen molar-refractivity contribution in [3.8, 4) is 17.2 Å². The second-order valence-corrected chi connectivity index (χ2v) is 6.11. The van der Waals surface area contributed by atoms with E-state index in [0.717, 1.165) is 12.1 Å². The Kier molecular flexibility index (Phi) is 5.71. The number of aliphatic hydroxyl groups is 2. The monoisotopic (exact) mass is 402 g/mol. The number of benzene rings is 1. The number of hydrogen-bond donors (Lipinski definition) is 4. The average molecular weight is 402 g/mol. The van der Waals surface area contributed by atoms with E-state index < -0.39 is 41.5 Å². The third-order valence-corrected chi connectivity index (χ3v) is 4.26. The van der Waals surface area contributed by atoms with Crippen molar-refractivity contribution in [2.75, 3.05) is 7.11 Å². The summed E-state index contributed by atoms with van der Waals surface area (Å²) in [5, 5.41) is 39.5. The van der Waals surface area contributed by atoms with E-state index in [1.165, 1.54) is 13.2 Å². The van der Waals surface area contributed by atoms with Crippen LogP contribution in [0.25, 0.3) is 0 Å². The molecular weight excluding hydrogens is 384 g/mol. The van der Waals surface area contributed by atoms with Gasteiger partial charge in [0.1, 0.15) is 36.4 Å². The molecule has 2 heterocycles. The Morgan fingerprint density at radius 2 is 1.41 bits per heavy atom. The van der Waals surface area contributed by atoms with Crippen molar-refractivity contribution in [1.82, 2.24) is 0 Å². The quantitative estimate of drug-likeness (QED) is 0.476. The molecular formula is C20H18O9. The van der Waals surface area contributed by atoms with Crippen LogP contribution in [0, 0.1) is 0 Å². The number of ether oxygens (including phenoxy) is 1. The van der Waals surface area contributed by atoms with Crippen molar-refractivity contribution < 1.29 is 34.0 Å². The molecule has 0 aliphatic carbocycles. The van der Waals surface area contributed by atoms with E-state index in [1.807, 2.05) is 0 Å². The summed E-state index contributed by atoms with van der Waals surface area (Å²) in [6.45, 7) is -1.25. The molecule has 0 spiro atoms. The number of aliphatic hydroxyl groups excluding tert-OH is 2. The van der Waals surface area contributed by atoms with Gasteiger partial charge in [-0.1, -0.05) is 12.1 Å². The molecule has 29 heavy (non-hydrogen) atoms. The maximum absolute atomic E-state index is 12.1. The predicted molar refractivity (Wildman–Crippen MR) is 99.1 cm³/mol. The van der Waals surface area contributed by atoms with E-state index in [1.54, 1.807) is 18.2 Å². The van der Waals surface area contributed by atoms with Gasteiger partial charge in [-0.2, -0.15) is 0 Å². The number of methoxy groups -OCH3 is 1. The molecule has 9 nitrogen and oxygen atoms in total. The lowest BCUT2D eigenvalue weighted by Gasteiger charge is -2.19. The van der Waals surface area contributed by atoms with Crippen LogP contribution < -0.4 is 15.6 Å². The third-order valence-electron chi connectivity index (χ3n) is 4.26. The Bertz CT molecular complexity index is 1080. The molecule has 4 N–H and O–H groups in total. The van der Waals surface area contributed by atoms with Crippen molar-refractivity contribution in [3.63, 3.8) is 0 Å². The van der Waals surface area contributed by atoms with Gasteiger partial charge in [-0.3, -0.25) is 9.59 Å². The molecule has 3 rings (SSSR count). The zero-order valence-electron chi connectivity index (χ0n) is 15.3. The van der Waals surface area contributed by atoms with Crippen LogP contribution >= 0.6 is 0 Å². The normalized spacial score (nSPS) is 11.0. The van der Waals surface area contributed by atoms with Crippen molar-refractivity contribution in [3.05, 3.63) is 85.4 Å². The molecule has 0 bridgehead atoms. The Balaban J connectivity index is 2.39. The summed E-state index contributed by atoms with van der Waals surface area (Å²) in [5.41, 5.74) is -1.32. The Hall–Kier alpha value is -3.56. The fourth-order valence-electron chi connectivity index (χ4n) is 2.90. The molecule has 0 unspecified atom stereocenters. The standard InChI is InChI=1S/C20H18O9/c1-27-11-4-2-3-10(5-11)16(19-17(25)14(23)6-12(8-21)28-19)20-18(26)15(24)7-13(9-22)29-20/h2-7,16,21-22,25-26H,8-9H2,1H3. The van der Waals surface area contributed by atoms with Crippen LogP contribution in [0.4, 0.5) is 0 Å². The zero-order valence-corrected chi connectivity index (χ0v) is 15.3. The third kappa shape index (κ3) is 3.86. The van der Waals surface area contributed by atoms with Gasteiger partial charge in [0.2, 0.25) is 22.4 Å². The van der Waals surface area contributed by atoms with Gasteiger partial charge in [0, 0.05) is 12.1 Å². The van der Waals surface area contributed by atoms with Crippen LogP contribution in [-0.2, 0) is 13.2 Å². The molecule has 3 aromatic rings. The van der Waals surface area contributed by atoms with E-state index in [9.17, 15) is 30.0 Å². The minimum atomic E-state index is -1.26. The van der Waals surface area contributed by atoms with Gasteiger partial charge < -0.3 is 34.0 Å². The van der Waals surface area contributed by atoms with Crippen LogP contribution in [0.15, 0.2) is 54.8 Å². The van der Waals surface area contributed by atoms with Crippen molar-refractivity contribution in [1.29, 1.82) is 0 Å². The van der Waals surface area contributed by atoms with Gasteiger partial charge in [0.05, 0.1) is 7.11 Å². The van der Waals surface area contributed by atoms with Crippen molar-refractivity contribution in [2.24, 2.45) is 0 Å². The molecule has 0 amide bonds. The maximum Gasteiger partial charge on any atom is 0.227 e. The van der Waals surface area contributed by atoms with Crippen LogP contribution in [0.5, 0.6) is 17.2 Å². The SMILES string of the molecule is COc1cccc(C(c2oc(CO)cc(=O)c2O)c2oc(CO)cc(=O)c2O)c1. The lowest BCUT2D eigenvalue weighted by Crippen LogP contribution is -2.14. The largest absolute Gasteiger partial charge is 0.502 e. The fraction of sp³-hybridized carbons (Fsp3) is 0.200. The first-order chi connectivity index (χ1) is 13.9. The predicted octanol–water partition coefficient (Wildman–Crippen LogP) is 1.18. The minimum absolute atomic E-state index is 0.143. The Morgan fingerprint density at radius 1 is 0.897 bits per heavy atom. The smallest absolute Gasteiger partial charge is 0.227 e. The number of rotatable bonds is 6.